The molecule has 1 atom stereocenters. The van der Waals surface area contributed by atoms with E-state index < -0.39 is 0 Å². The van der Waals surface area contributed by atoms with Crippen molar-refractivity contribution in [1.82, 2.24) is 25.5 Å². The van der Waals surface area contributed by atoms with Crippen LogP contribution in [0, 0.1) is 13.8 Å². The Balaban J connectivity index is 1.42. The number of nitrogens with one attached hydrogen (secondary N) is 2. The van der Waals surface area contributed by atoms with Gasteiger partial charge in [0.05, 0.1) is 28.7 Å². The third kappa shape index (κ3) is 5.75. The van der Waals surface area contributed by atoms with Gasteiger partial charge < -0.3 is 10.6 Å². The lowest BCUT2D eigenvalue weighted by Crippen LogP contribution is -2.28. The monoisotopic (exact) mass is 486 g/mol. The number of nitrogens with zero attached hydrogens (tertiary/aromatic N) is 4. The Morgan fingerprint density at radius 3 is 2.51 bits per heavy atom. The van der Waals surface area contributed by atoms with E-state index in [4.69, 9.17) is 0 Å². The van der Waals surface area contributed by atoms with Crippen LogP contribution < -0.4 is 10.6 Å². The predicted octanol–water partition coefficient (Wildman–Crippen LogP) is 4.50. The number of aromatic nitrogens is 4. The number of aryl methyl sites for hydroxylation is 1. The summed E-state index contributed by atoms with van der Waals surface area (Å²) in [4.78, 5) is 25.7. The molecule has 3 aromatic carbocycles. The van der Waals surface area contributed by atoms with Crippen LogP contribution in [-0.4, -0.2) is 37.8 Å². The van der Waals surface area contributed by atoms with Crippen molar-refractivity contribution in [1.29, 1.82) is 0 Å². The Labute approximate surface area is 208 Å². The van der Waals surface area contributed by atoms with E-state index in [0.717, 1.165) is 22.4 Å². The third-order valence-electron chi connectivity index (χ3n) is 5.67. The van der Waals surface area contributed by atoms with Gasteiger partial charge >= 0.3 is 0 Å². The minimum absolute atomic E-state index is 0.0849. The topological polar surface area (TPSA) is 102 Å². The Morgan fingerprint density at radius 1 is 0.971 bits per heavy atom. The Bertz CT molecular complexity index is 1340. The van der Waals surface area contributed by atoms with E-state index in [-0.39, 0.29) is 23.6 Å². The molecule has 178 valence electrons. The molecule has 2 amide bonds. The molecular formula is C26H26N6O2S. The second-order valence-corrected chi connectivity index (χ2v) is 9.02. The maximum absolute atomic E-state index is 12.9. The van der Waals surface area contributed by atoms with Gasteiger partial charge in [0.2, 0.25) is 11.1 Å². The summed E-state index contributed by atoms with van der Waals surface area (Å²) in [7, 11) is 0. The molecule has 1 heterocycles. The van der Waals surface area contributed by atoms with Crippen molar-refractivity contribution in [3.8, 4) is 5.69 Å². The summed E-state index contributed by atoms with van der Waals surface area (Å²) in [6.45, 7) is 5.96. The molecule has 0 bridgehead atoms. The first-order valence-corrected chi connectivity index (χ1v) is 12.1. The van der Waals surface area contributed by atoms with E-state index in [1.807, 2.05) is 69.3 Å². The molecule has 0 saturated carbocycles. The van der Waals surface area contributed by atoms with Crippen molar-refractivity contribution < 1.29 is 9.59 Å². The molecule has 0 radical (unpaired) electrons. The lowest BCUT2D eigenvalue weighted by atomic mass is 10.1. The second-order valence-electron chi connectivity index (χ2n) is 8.08. The Morgan fingerprint density at radius 2 is 1.71 bits per heavy atom. The number of thioether (sulfide) groups is 1. The van der Waals surface area contributed by atoms with Crippen LogP contribution >= 0.6 is 11.8 Å². The maximum atomic E-state index is 12.9. The number of benzene rings is 3. The predicted molar refractivity (Wildman–Crippen MR) is 137 cm³/mol. The smallest absolute Gasteiger partial charge is 0.253 e. The first-order valence-electron chi connectivity index (χ1n) is 11.2. The second kappa shape index (κ2) is 11.0. The molecule has 35 heavy (non-hydrogen) atoms. The van der Waals surface area contributed by atoms with E-state index in [1.54, 1.807) is 28.9 Å². The number of hydrogen-bond donors (Lipinski definition) is 2. The fourth-order valence-corrected chi connectivity index (χ4v) is 4.27. The molecule has 8 nitrogen and oxygen atoms in total. The standard InChI is InChI=1S/C26H26N6O2S/c1-17-10-9-15-23(18(17)2)32-26(29-30-31-32)35-16-24(33)28-22-14-8-7-13-21(22)25(34)27-19(3)20-11-5-4-6-12-20/h4-15,19H,16H2,1-3H3,(H,27,34)(H,28,33). The quantitative estimate of drug-likeness (QED) is 0.356. The van der Waals surface area contributed by atoms with E-state index in [0.29, 0.717) is 16.4 Å². The summed E-state index contributed by atoms with van der Waals surface area (Å²) in [5, 5.41) is 18.3. The average Bonchev–Trinajstić information content (AvgIpc) is 3.33. The van der Waals surface area contributed by atoms with Gasteiger partial charge in [-0.15, -0.1) is 5.10 Å². The number of carbonyl (C=O) groups excluding carboxylic acids is 2. The highest BCUT2D eigenvalue weighted by atomic mass is 32.2. The van der Waals surface area contributed by atoms with Gasteiger partial charge in [-0.2, -0.15) is 4.68 Å². The van der Waals surface area contributed by atoms with Gasteiger partial charge in [-0.05, 0) is 66.1 Å². The van der Waals surface area contributed by atoms with E-state index in [2.05, 4.69) is 26.2 Å². The first-order chi connectivity index (χ1) is 16.9. The Hall–Kier alpha value is -3.98. The zero-order valence-electron chi connectivity index (χ0n) is 19.7. The molecule has 4 rings (SSSR count). The molecule has 0 spiro atoms. The lowest BCUT2D eigenvalue weighted by molar-refractivity contribution is -0.113. The molecular weight excluding hydrogens is 460 g/mol. The van der Waals surface area contributed by atoms with Gasteiger partial charge in [-0.25, -0.2) is 0 Å². The van der Waals surface area contributed by atoms with E-state index in [1.165, 1.54) is 11.8 Å². The van der Waals surface area contributed by atoms with Crippen LogP contribution in [0.3, 0.4) is 0 Å². The van der Waals surface area contributed by atoms with Crippen LogP contribution in [0.15, 0.2) is 78.0 Å². The number of rotatable bonds is 8. The summed E-state index contributed by atoms with van der Waals surface area (Å²) in [5.74, 6) is -0.438. The molecule has 0 fully saturated rings. The van der Waals surface area contributed by atoms with Crippen LogP contribution in [0.5, 0.6) is 0 Å². The summed E-state index contributed by atoms with van der Waals surface area (Å²) in [6, 6.07) is 22.4. The van der Waals surface area contributed by atoms with Crippen molar-refractivity contribution in [2.45, 2.75) is 32.0 Å². The molecule has 4 aromatic rings. The summed E-state index contributed by atoms with van der Waals surface area (Å²) < 4.78 is 1.63. The van der Waals surface area contributed by atoms with Crippen LogP contribution in [0.1, 0.15) is 40.0 Å². The number of para-hydroxylation sites is 1. The number of tetrazole rings is 1. The van der Waals surface area contributed by atoms with Gasteiger partial charge in [0, 0.05) is 0 Å². The van der Waals surface area contributed by atoms with Crippen LogP contribution in [0.25, 0.3) is 5.69 Å². The van der Waals surface area contributed by atoms with Gasteiger partial charge in [0.15, 0.2) is 0 Å². The maximum Gasteiger partial charge on any atom is 0.253 e. The fraction of sp³-hybridized carbons (Fsp3) is 0.192. The van der Waals surface area contributed by atoms with Gasteiger partial charge in [0.25, 0.3) is 5.91 Å². The normalized spacial score (nSPS) is 11.6. The minimum atomic E-state index is -0.262. The molecule has 2 N–H and O–H groups in total. The molecule has 1 unspecified atom stereocenters. The summed E-state index contributed by atoms with van der Waals surface area (Å²) >= 11 is 1.23. The molecule has 0 saturated heterocycles. The van der Waals surface area contributed by atoms with Crippen molar-refractivity contribution in [3.05, 3.63) is 95.1 Å². The number of amides is 2. The molecule has 0 aliphatic carbocycles. The number of hydrogen-bond acceptors (Lipinski definition) is 6. The van der Waals surface area contributed by atoms with Crippen LogP contribution in [-0.2, 0) is 4.79 Å². The highest BCUT2D eigenvalue weighted by Crippen LogP contribution is 2.23. The molecule has 0 aliphatic heterocycles. The van der Waals surface area contributed by atoms with E-state index in [9.17, 15) is 9.59 Å². The SMILES string of the molecule is Cc1cccc(-n2nnnc2SCC(=O)Nc2ccccc2C(=O)NC(C)c2ccccc2)c1C. The van der Waals surface area contributed by atoms with Crippen molar-refractivity contribution in [2.24, 2.45) is 0 Å². The number of anilines is 1. The van der Waals surface area contributed by atoms with Crippen LogP contribution in [0.2, 0.25) is 0 Å². The van der Waals surface area contributed by atoms with Crippen molar-refractivity contribution in [2.75, 3.05) is 11.1 Å². The third-order valence-corrected chi connectivity index (χ3v) is 6.59. The van der Waals surface area contributed by atoms with Crippen LogP contribution in [0.4, 0.5) is 5.69 Å². The van der Waals surface area contributed by atoms with Gasteiger partial charge in [-0.1, -0.05) is 66.4 Å². The Kier molecular flexibility index (Phi) is 7.57. The first kappa shape index (κ1) is 24.2. The molecule has 9 heteroatoms. The van der Waals surface area contributed by atoms with Gasteiger partial charge in [-0.3, -0.25) is 9.59 Å². The lowest BCUT2D eigenvalue weighted by Gasteiger charge is -2.16. The number of carbonyl (C=O) groups is 2. The van der Waals surface area contributed by atoms with Crippen molar-refractivity contribution >= 4 is 29.3 Å². The highest BCUT2D eigenvalue weighted by Gasteiger charge is 2.18. The van der Waals surface area contributed by atoms with Gasteiger partial charge in [0.1, 0.15) is 0 Å². The largest absolute Gasteiger partial charge is 0.345 e. The fourth-order valence-electron chi connectivity index (χ4n) is 3.59. The molecule has 1 aromatic heterocycles. The summed E-state index contributed by atoms with van der Waals surface area (Å²) in [6.07, 6.45) is 0. The average molecular weight is 487 g/mol. The van der Waals surface area contributed by atoms with Crippen molar-refractivity contribution in [3.63, 3.8) is 0 Å². The van der Waals surface area contributed by atoms with E-state index >= 15 is 0 Å². The highest BCUT2D eigenvalue weighted by molar-refractivity contribution is 7.99. The summed E-state index contributed by atoms with van der Waals surface area (Å²) in [5.41, 5.74) is 4.91. The zero-order valence-corrected chi connectivity index (χ0v) is 20.5. The zero-order chi connectivity index (χ0) is 24.8. The minimum Gasteiger partial charge on any atom is -0.345 e. The molecule has 0 aliphatic rings.